The van der Waals surface area contributed by atoms with E-state index in [-0.39, 0.29) is 18.3 Å². The first-order chi connectivity index (χ1) is 9.33. The molecule has 1 heterocycles. The maximum absolute atomic E-state index is 6.18. The third-order valence-electron chi connectivity index (χ3n) is 5.96. The van der Waals surface area contributed by atoms with Crippen molar-refractivity contribution in [1.29, 1.82) is 0 Å². The molecule has 3 heteroatoms. The molecule has 1 saturated heterocycles. The van der Waals surface area contributed by atoms with Crippen LogP contribution in [-0.2, 0) is 21.1 Å². The van der Waals surface area contributed by atoms with Gasteiger partial charge in [-0.2, -0.15) is 0 Å². The van der Waals surface area contributed by atoms with Crippen LogP contribution in [0.1, 0.15) is 58.1 Å². The Hall–Kier alpha value is -0.795. The minimum absolute atomic E-state index is 0.221. The van der Waals surface area contributed by atoms with Gasteiger partial charge in [0.25, 0.3) is 0 Å². The molecule has 2 fully saturated rings. The molecule has 0 atom stereocenters. The highest BCUT2D eigenvalue weighted by Gasteiger charge is 2.53. The van der Waals surface area contributed by atoms with Crippen LogP contribution in [0.4, 0.5) is 0 Å². The lowest BCUT2D eigenvalue weighted by molar-refractivity contribution is 0.00578. The summed E-state index contributed by atoms with van der Waals surface area (Å²) in [7, 11) is -0.221. The quantitative estimate of drug-likeness (QED) is 0.730. The first kappa shape index (κ1) is 12.9. The third kappa shape index (κ3) is 1.66. The molecule has 4 rings (SSSR count). The molecule has 1 spiro atoms. The van der Waals surface area contributed by atoms with Gasteiger partial charge in [-0.25, -0.2) is 0 Å². The molecular formula is C17H23BO2. The van der Waals surface area contributed by atoms with Gasteiger partial charge in [-0.05, 0) is 75.4 Å². The van der Waals surface area contributed by atoms with Crippen LogP contribution >= 0.6 is 0 Å². The van der Waals surface area contributed by atoms with Gasteiger partial charge in [0.2, 0.25) is 0 Å². The van der Waals surface area contributed by atoms with E-state index in [1.807, 2.05) is 0 Å². The average Bonchev–Trinajstić information content (AvgIpc) is 3.00. The maximum atomic E-state index is 6.18. The minimum atomic E-state index is -0.256. The standard InChI is InChI=1S/C17H23BO2/c1-15(2)16(3,4)20-18(19-15)13-6-5-12-7-8-17(9-10-17)14(12)11-13/h5-6,11H,7-10H2,1-4H3. The van der Waals surface area contributed by atoms with Crippen LogP contribution in [0.5, 0.6) is 0 Å². The van der Waals surface area contributed by atoms with E-state index in [2.05, 4.69) is 45.9 Å². The lowest BCUT2D eigenvalue weighted by atomic mass is 9.77. The third-order valence-corrected chi connectivity index (χ3v) is 5.96. The maximum Gasteiger partial charge on any atom is 0.494 e. The van der Waals surface area contributed by atoms with E-state index >= 15 is 0 Å². The molecule has 2 nitrogen and oxygen atoms in total. The Morgan fingerprint density at radius 2 is 1.60 bits per heavy atom. The minimum Gasteiger partial charge on any atom is -0.399 e. The lowest BCUT2D eigenvalue weighted by Gasteiger charge is -2.32. The molecular weight excluding hydrogens is 247 g/mol. The summed E-state index contributed by atoms with van der Waals surface area (Å²) >= 11 is 0. The molecule has 0 aromatic heterocycles. The summed E-state index contributed by atoms with van der Waals surface area (Å²) in [5, 5.41) is 0. The highest BCUT2D eigenvalue weighted by Crippen LogP contribution is 2.56. The van der Waals surface area contributed by atoms with E-state index in [9.17, 15) is 0 Å². The fraction of sp³-hybridized carbons (Fsp3) is 0.647. The zero-order valence-electron chi connectivity index (χ0n) is 13.0. The normalized spacial score (nSPS) is 27.9. The number of aryl methyl sites for hydroxylation is 1. The van der Waals surface area contributed by atoms with Crippen molar-refractivity contribution in [2.75, 3.05) is 0 Å². The van der Waals surface area contributed by atoms with Gasteiger partial charge in [0.1, 0.15) is 0 Å². The monoisotopic (exact) mass is 270 g/mol. The van der Waals surface area contributed by atoms with Gasteiger partial charge < -0.3 is 9.31 Å². The fourth-order valence-corrected chi connectivity index (χ4v) is 3.61. The summed E-state index contributed by atoms with van der Waals surface area (Å²) in [5.74, 6) is 0. The summed E-state index contributed by atoms with van der Waals surface area (Å²) in [6, 6.07) is 6.85. The number of rotatable bonds is 1. The summed E-state index contributed by atoms with van der Waals surface area (Å²) in [5.41, 5.74) is 4.32. The van der Waals surface area contributed by atoms with Gasteiger partial charge in [-0.15, -0.1) is 0 Å². The average molecular weight is 270 g/mol. The van der Waals surface area contributed by atoms with Crippen LogP contribution in [-0.4, -0.2) is 18.3 Å². The first-order valence-electron chi connectivity index (χ1n) is 7.82. The van der Waals surface area contributed by atoms with Gasteiger partial charge in [0.05, 0.1) is 11.2 Å². The molecule has 2 aliphatic carbocycles. The molecule has 0 radical (unpaired) electrons. The molecule has 3 aliphatic rings. The topological polar surface area (TPSA) is 18.5 Å². The van der Waals surface area contributed by atoms with Gasteiger partial charge >= 0.3 is 7.12 Å². The van der Waals surface area contributed by atoms with E-state index < -0.39 is 0 Å². The fourth-order valence-electron chi connectivity index (χ4n) is 3.61. The molecule has 1 aliphatic heterocycles. The van der Waals surface area contributed by atoms with Crippen molar-refractivity contribution in [3.8, 4) is 0 Å². The predicted molar refractivity (Wildman–Crippen MR) is 81.4 cm³/mol. The zero-order valence-corrected chi connectivity index (χ0v) is 13.0. The van der Waals surface area contributed by atoms with Crippen LogP contribution in [0.15, 0.2) is 18.2 Å². The Morgan fingerprint density at radius 3 is 2.20 bits per heavy atom. The molecule has 0 amide bonds. The molecule has 1 aromatic rings. The van der Waals surface area contributed by atoms with Crippen molar-refractivity contribution in [3.05, 3.63) is 29.3 Å². The Morgan fingerprint density at radius 1 is 0.950 bits per heavy atom. The van der Waals surface area contributed by atoms with Crippen LogP contribution < -0.4 is 5.46 Å². The number of hydrogen-bond donors (Lipinski definition) is 0. The van der Waals surface area contributed by atoms with E-state index in [4.69, 9.17) is 9.31 Å². The van der Waals surface area contributed by atoms with Crippen molar-refractivity contribution in [3.63, 3.8) is 0 Å². The summed E-state index contributed by atoms with van der Waals surface area (Å²) in [6.45, 7) is 8.46. The summed E-state index contributed by atoms with van der Waals surface area (Å²) < 4.78 is 12.4. The lowest BCUT2D eigenvalue weighted by Crippen LogP contribution is -2.41. The number of benzene rings is 1. The van der Waals surface area contributed by atoms with E-state index in [1.54, 1.807) is 11.1 Å². The number of fused-ring (bicyclic) bond motifs is 2. The predicted octanol–water partition coefficient (Wildman–Crippen LogP) is 2.96. The molecule has 0 bridgehead atoms. The summed E-state index contributed by atoms with van der Waals surface area (Å²) in [6.07, 6.45) is 5.33. The Bertz CT molecular complexity index is 556. The summed E-state index contributed by atoms with van der Waals surface area (Å²) in [4.78, 5) is 0. The number of hydrogen-bond acceptors (Lipinski definition) is 2. The van der Waals surface area contributed by atoms with Crippen LogP contribution in [0, 0.1) is 0 Å². The Labute approximate surface area is 122 Å². The van der Waals surface area contributed by atoms with Crippen molar-refractivity contribution in [1.82, 2.24) is 0 Å². The van der Waals surface area contributed by atoms with E-state index in [1.165, 1.54) is 31.1 Å². The van der Waals surface area contributed by atoms with E-state index in [0.29, 0.717) is 5.41 Å². The molecule has 0 unspecified atom stereocenters. The zero-order chi connectivity index (χ0) is 14.2. The highest BCUT2D eigenvalue weighted by atomic mass is 16.7. The Balaban J connectivity index is 1.68. The molecule has 0 N–H and O–H groups in total. The molecule has 1 aromatic carbocycles. The second kappa shape index (κ2) is 3.69. The van der Waals surface area contributed by atoms with Gasteiger partial charge in [0.15, 0.2) is 0 Å². The van der Waals surface area contributed by atoms with Crippen LogP contribution in [0.25, 0.3) is 0 Å². The van der Waals surface area contributed by atoms with Gasteiger partial charge in [0, 0.05) is 0 Å². The molecule has 20 heavy (non-hydrogen) atoms. The van der Waals surface area contributed by atoms with Crippen molar-refractivity contribution < 1.29 is 9.31 Å². The molecule has 106 valence electrons. The largest absolute Gasteiger partial charge is 0.494 e. The van der Waals surface area contributed by atoms with Crippen molar-refractivity contribution >= 4 is 12.6 Å². The van der Waals surface area contributed by atoms with Gasteiger partial charge in [-0.1, -0.05) is 18.2 Å². The van der Waals surface area contributed by atoms with Crippen LogP contribution in [0.3, 0.4) is 0 Å². The molecule has 1 saturated carbocycles. The second-order valence-corrected chi connectivity index (χ2v) is 7.79. The van der Waals surface area contributed by atoms with Crippen molar-refractivity contribution in [2.45, 2.75) is 70.0 Å². The van der Waals surface area contributed by atoms with Crippen LogP contribution in [0.2, 0.25) is 0 Å². The second-order valence-electron chi connectivity index (χ2n) is 7.79. The smallest absolute Gasteiger partial charge is 0.399 e. The van der Waals surface area contributed by atoms with Gasteiger partial charge in [-0.3, -0.25) is 0 Å². The first-order valence-corrected chi connectivity index (χ1v) is 7.82. The SMILES string of the molecule is CC1(C)OB(c2ccc3c(c2)C2(CC3)CC2)OC1(C)C. The van der Waals surface area contributed by atoms with E-state index in [0.717, 1.165) is 0 Å². The van der Waals surface area contributed by atoms with Crippen molar-refractivity contribution in [2.24, 2.45) is 0 Å². The Kier molecular flexibility index (Phi) is 2.38. The highest BCUT2D eigenvalue weighted by molar-refractivity contribution is 6.62.